The maximum atomic E-state index is 11.6. The highest BCUT2D eigenvalue weighted by molar-refractivity contribution is 5.82. The first kappa shape index (κ1) is 24.2. The van der Waals surface area contributed by atoms with Gasteiger partial charge in [-0.25, -0.2) is 0 Å². The van der Waals surface area contributed by atoms with Crippen molar-refractivity contribution >= 4 is 11.7 Å². The van der Waals surface area contributed by atoms with E-state index in [0.29, 0.717) is 6.42 Å². The number of carbonyl (C=O) groups excluding carboxylic acids is 2. The molecule has 138 valence electrons. The number of rotatable bonds is 11. The fourth-order valence-corrected chi connectivity index (χ4v) is 1.82. The van der Waals surface area contributed by atoms with E-state index in [1.807, 2.05) is 0 Å². The first-order chi connectivity index (χ1) is 10.2. The van der Waals surface area contributed by atoms with Crippen LogP contribution in [0.5, 0.6) is 0 Å². The van der Waals surface area contributed by atoms with Crippen molar-refractivity contribution in [1.29, 1.82) is 0 Å². The van der Waals surface area contributed by atoms with E-state index in [1.54, 1.807) is 7.05 Å². The molecule has 0 aromatic heterocycles. The summed E-state index contributed by atoms with van der Waals surface area (Å²) in [6.07, 6.45) is -6.20. The van der Waals surface area contributed by atoms with Gasteiger partial charge in [0.1, 0.15) is 24.1 Å². The van der Waals surface area contributed by atoms with Crippen molar-refractivity contribution in [2.45, 2.75) is 57.6 Å². The van der Waals surface area contributed by atoms with Crippen LogP contribution in [0.2, 0.25) is 0 Å². The Morgan fingerprint density at radius 2 is 1.57 bits per heavy atom. The van der Waals surface area contributed by atoms with Crippen LogP contribution in [-0.2, 0) is 9.59 Å². The van der Waals surface area contributed by atoms with Gasteiger partial charge < -0.3 is 36.2 Å². The van der Waals surface area contributed by atoms with Crippen LogP contribution < -0.4 is 10.6 Å². The quantitative estimate of drug-likeness (QED) is 0.212. The fraction of sp³-hybridized carbons (Fsp3) is 0.857. The van der Waals surface area contributed by atoms with Gasteiger partial charge in [0.05, 0.1) is 18.8 Å². The molecular weight excluding hydrogens is 308 g/mol. The average Bonchev–Trinajstić information content (AvgIpc) is 2.50. The lowest BCUT2D eigenvalue weighted by atomic mass is 10.0. The van der Waals surface area contributed by atoms with Crippen LogP contribution in [-0.4, -0.2) is 87.9 Å². The van der Waals surface area contributed by atoms with E-state index in [-0.39, 0.29) is 26.2 Å². The molecule has 0 aliphatic carbocycles. The van der Waals surface area contributed by atoms with E-state index in [2.05, 4.69) is 10.6 Å². The molecule has 0 aromatic carbocycles. The second kappa shape index (κ2) is 12.3. The Morgan fingerprint density at radius 3 is 2.00 bits per heavy atom. The summed E-state index contributed by atoms with van der Waals surface area (Å²) in [4.78, 5) is 22.7. The lowest BCUT2D eigenvalue weighted by Crippen LogP contribution is -2.49. The molecule has 5 unspecified atom stereocenters. The standard InChI is InChI=1S/C13H26N2O7.CH4/c1-7(17)8(14-2)3-4-11(20)15-5-9(18)12(21)13(22)10(19)6-16;/h8-10,12-14,16,18-19,21-22H,3-6H2,1-2H3,(H,15,20);1H4. The van der Waals surface area contributed by atoms with Crippen LogP contribution in [0, 0.1) is 0 Å². The second-order valence-corrected chi connectivity index (χ2v) is 5.09. The van der Waals surface area contributed by atoms with Gasteiger partial charge >= 0.3 is 0 Å². The Balaban J connectivity index is 0. The highest BCUT2D eigenvalue weighted by Gasteiger charge is 2.30. The lowest BCUT2D eigenvalue weighted by Gasteiger charge is -2.25. The van der Waals surface area contributed by atoms with Crippen molar-refractivity contribution < 1.29 is 35.1 Å². The Morgan fingerprint density at radius 1 is 1.04 bits per heavy atom. The third-order valence-corrected chi connectivity index (χ3v) is 3.33. The van der Waals surface area contributed by atoms with Crippen LogP contribution in [0.3, 0.4) is 0 Å². The molecule has 0 fully saturated rings. The number of hydrogen-bond acceptors (Lipinski definition) is 8. The zero-order valence-electron chi connectivity index (χ0n) is 12.8. The number of nitrogens with one attached hydrogen (secondary N) is 2. The molecular formula is C14H30N2O7. The molecule has 0 aromatic rings. The van der Waals surface area contributed by atoms with E-state index in [0.717, 1.165) is 0 Å². The Bertz CT molecular complexity index is 354. The summed E-state index contributed by atoms with van der Waals surface area (Å²) in [6, 6.07) is -0.428. The molecule has 0 bridgehead atoms. The number of aliphatic hydroxyl groups is 5. The average molecular weight is 338 g/mol. The summed E-state index contributed by atoms with van der Waals surface area (Å²) in [5.41, 5.74) is 0. The minimum Gasteiger partial charge on any atom is -0.394 e. The van der Waals surface area contributed by atoms with Crippen LogP contribution in [0.25, 0.3) is 0 Å². The zero-order valence-corrected chi connectivity index (χ0v) is 12.8. The van der Waals surface area contributed by atoms with Crippen molar-refractivity contribution in [3.63, 3.8) is 0 Å². The van der Waals surface area contributed by atoms with Crippen molar-refractivity contribution in [2.75, 3.05) is 20.2 Å². The molecule has 0 aliphatic heterocycles. The van der Waals surface area contributed by atoms with Crippen molar-refractivity contribution in [3.8, 4) is 0 Å². The van der Waals surface area contributed by atoms with Gasteiger partial charge in [0.15, 0.2) is 0 Å². The SMILES string of the molecule is C.CNC(CCC(=O)NCC(O)C(O)C(O)C(O)CO)C(C)=O. The molecule has 0 heterocycles. The van der Waals surface area contributed by atoms with Gasteiger partial charge in [0.2, 0.25) is 5.91 Å². The third kappa shape index (κ3) is 8.94. The molecule has 7 N–H and O–H groups in total. The zero-order chi connectivity index (χ0) is 17.3. The van der Waals surface area contributed by atoms with Crippen LogP contribution in [0.15, 0.2) is 0 Å². The largest absolute Gasteiger partial charge is 0.394 e. The molecule has 0 aliphatic rings. The topological polar surface area (TPSA) is 159 Å². The van der Waals surface area contributed by atoms with Crippen molar-refractivity contribution in [2.24, 2.45) is 0 Å². The smallest absolute Gasteiger partial charge is 0.220 e. The van der Waals surface area contributed by atoms with E-state index in [4.69, 9.17) is 10.2 Å². The molecule has 1 amide bonds. The Labute approximate surface area is 136 Å². The van der Waals surface area contributed by atoms with E-state index >= 15 is 0 Å². The molecule has 0 spiro atoms. The number of Topliss-reactive ketones (excluding diaryl/α,β-unsaturated/α-hetero) is 1. The lowest BCUT2D eigenvalue weighted by molar-refractivity contribution is -0.126. The summed E-state index contributed by atoms with van der Waals surface area (Å²) in [5, 5.41) is 51.5. The third-order valence-electron chi connectivity index (χ3n) is 3.33. The van der Waals surface area contributed by atoms with Gasteiger partial charge in [-0.15, -0.1) is 0 Å². The summed E-state index contributed by atoms with van der Waals surface area (Å²) >= 11 is 0. The predicted molar refractivity (Wildman–Crippen MR) is 83.6 cm³/mol. The summed E-state index contributed by atoms with van der Waals surface area (Å²) in [6.45, 7) is 0.306. The molecule has 9 heteroatoms. The molecule has 0 saturated carbocycles. The minimum atomic E-state index is -1.73. The van der Waals surface area contributed by atoms with Gasteiger partial charge in [-0.2, -0.15) is 0 Å². The van der Waals surface area contributed by atoms with Crippen molar-refractivity contribution in [1.82, 2.24) is 10.6 Å². The van der Waals surface area contributed by atoms with Crippen molar-refractivity contribution in [3.05, 3.63) is 0 Å². The van der Waals surface area contributed by atoms with Crippen LogP contribution in [0.1, 0.15) is 27.2 Å². The monoisotopic (exact) mass is 338 g/mol. The van der Waals surface area contributed by atoms with E-state index < -0.39 is 43.0 Å². The van der Waals surface area contributed by atoms with Gasteiger partial charge in [-0.05, 0) is 20.4 Å². The summed E-state index contributed by atoms with van der Waals surface area (Å²) in [5.74, 6) is -0.517. The summed E-state index contributed by atoms with van der Waals surface area (Å²) < 4.78 is 0. The van der Waals surface area contributed by atoms with Gasteiger partial charge in [0.25, 0.3) is 0 Å². The fourth-order valence-electron chi connectivity index (χ4n) is 1.82. The number of likely N-dealkylation sites (N-methyl/N-ethyl adjacent to an activating group) is 1. The van der Waals surface area contributed by atoms with Gasteiger partial charge in [-0.1, -0.05) is 7.43 Å². The minimum absolute atomic E-state index is 0. The molecule has 9 nitrogen and oxygen atoms in total. The van der Waals surface area contributed by atoms with Gasteiger partial charge in [0, 0.05) is 13.0 Å². The van der Waals surface area contributed by atoms with E-state index in [1.165, 1.54) is 6.92 Å². The molecule has 0 saturated heterocycles. The maximum absolute atomic E-state index is 11.6. The number of amides is 1. The first-order valence-electron chi connectivity index (χ1n) is 7.02. The summed E-state index contributed by atoms with van der Waals surface area (Å²) in [7, 11) is 1.61. The Hall–Kier alpha value is -1.10. The molecule has 0 rings (SSSR count). The van der Waals surface area contributed by atoms with Crippen LogP contribution in [0.4, 0.5) is 0 Å². The highest BCUT2D eigenvalue weighted by atomic mass is 16.4. The van der Waals surface area contributed by atoms with E-state index in [9.17, 15) is 24.9 Å². The maximum Gasteiger partial charge on any atom is 0.220 e. The first-order valence-corrected chi connectivity index (χ1v) is 7.02. The second-order valence-electron chi connectivity index (χ2n) is 5.09. The van der Waals surface area contributed by atoms with Gasteiger partial charge in [-0.3, -0.25) is 9.59 Å². The molecule has 0 radical (unpaired) electrons. The normalized spacial score (nSPS) is 17.3. The van der Waals surface area contributed by atoms with Crippen LogP contribution >= 0.6 is 0 Å². The number of hydrogen-bond donors (Lipinski definition) is 7. The molecule has 5 atom stereocenters. The Kier molecular flexibility index (Phi) is 13.0. The number of aliphatic hydroxyl groups excluding tert-OH is 5. The predicted octanol–water partition coefficient (Wildman–Crippen LogP) is -2.87. The highest BCUT2D eigenvalue weighted by Crippen LogP contribution is 2.05. The number of carbonyl (C=O) groups is 2. The molecule has 23 heavy (non-hydrogen) atoms. The number of ketones is 1.